The highest BCUT2D eigenvalue weighted by atomic mass is 16.2. The van der Waals surface area contributed by atoms with Crippen molar-refractivity contribution in [2.24, 2.45) is 0 Å². The van der Waals surface area contributed by atoms with E-state index in [1.54, 1.807) is 12.4 Å². The van der Waals surface area contributed by atoms with Gasteiger partial charge in [0.2, 0.25) is 5.91 Å². The molecule has 1 fully saturated rings. The predicted octanol–water partition coefficient (Wildman–Crippen LogP) is 2.50. The molecule has 1 saturated carbocycles. The van der Waals surface area contributed by atoms with E-state index in [0.717, 1.165) is 37.1 Å². The van der Waals surface area contributed by atoms with Crippen molar-refractivity contribution in [1.82, 2.24) is 15.3 Å². The first-order valence-corrected chi connectivity index (χ1v) is 7.54. The van der Waals surface area contributed by atoms with E-state index in [0.29, 0.717) is 6.54 Å². The van der Waals surface area contributed by atoms with Gasteiger partial charge >= 0.3 is 0 Å². The Morgan fingerprint density at radius 3 is 2.90 bits per heavy atom. The van der Waals surface area contributed by atoms with Crippen LogP contribution < -0.4 is 5.32 Å². The lowest BCUT2D eigenvalue weighted by Gasteiger charge is -2.41. The number of aromatic amines is 1. The zero-order chi connectivity index (χ0) is 14.7. The van der Waals surface area contributed by atoms with Gasteiger partial charge in [0.25, 0.3) is 0 Å². The van der Waals surface area contributed by atoms with E-state index in [2.05, 4.69) is 40.4 Å². The van der Waals surface area contributed by atoms with Crippen LogP contribution in [0.5, 0.6) is 0 Å². The summed E-state index contributed by atoms with van der Waals surface area (Å²) >= 11 is 0. The van der Waals surface area contributed by atoms with E-state index in [9.17, 15) is 4.79 Å². The van der Waals surface area contributed by atoms with Crippen LogP contribution in [0.4, 0.5) is 0 Å². The third-order valence-corrected chi connectivity index (χ3v) is 4.41. The van der Waals surface area contributed by atoms with E-state index < -0.39 is 0 Å². The monoisotopic (exact) mass is 283 g/mol. The molecule has 4 heteroatoms. The van der Waals surface area contributed by atoms with Crippen molar-refractivity contribution < 1.29 is 4.79 Å². The third kappa shape index (κ3) is 2.71. The number of hydrogen-bond donors (Lipinski definition) is 2. The molecule has 1 aliphatic rings. The van der Waals surface area contributed by atoms with Gasteiger partial charge in [0, 0.05) is 25.4 Å². The first-order chi connectivity index (χ1) is 10.2. The maximum absolute atomic E-state index is 12.6. The van der Waals surface area contributed by atoms with E-state index in [4.69, 9.17) is 0 Å². The topological polar surface area (TPSA) is 57.8 Å². The molecule has 4 nitrogen and oxygen atoms in total. The number of benzene rings is 1. The summed E-state index contributed by atoms with van der Waals surface area (Å²) in [5.41, 5.74) is 2.06. The molecule has 1 heterocycles. The lowest BCUT2D eigenvalue weighted by molar-refractivity contribution is -0.129. The van der Waals surface area contributed by atoms with E-state index in [1.807, 2.05) is 6.07 Å². The summed E-state index contributed by atoms with van der Waals surface area (Å²) in [7, 11) is 0. The zero-order valence-corrected chi connectivity index (χ0v) is 12.4. The number of rotatable bonds is 5. The van der Waals surface area contributed by atoms with Crippen LogP contribution in [0.15, 0.2) is 36.7 Å². The van der Waals surface area contributed by atoms with Gasteiger partial charge < -0.3 is 10.3 Å². The molecule has 2 N–H and O–H groups in total. The van der Waals surface area contributed by atoms with Crippen molar-refractivity contribution >= 4 is 5.91 Å². The number of carbonyl (C=O) groups excluding carboxylic acids is 1. The summed E-state index contributed by atoms with van der Waals surface area (Å²) in [5, 5.41) is 3.08. The van der Waals surface area contributed by atoms with Gasteiger partial charge in [-0.1, -0.05) is 36.2 Å². The van der Waals surface area contributed by atoms with Crippen molar-refractivity contribution in [2.75, 3.05) is 6.54 Å². The van der Waals surface area contributed by atoms with Crippen LogP contribution in [0.3, 0.4) is 0 Å². The second kappa shape index (κ2) is 5.72. The summed E-state index contributed by atoms with van der Waals surface area (Å²) in [6.45, 7) is 2.70. The van der Waals surface area contributed by atoms with Gasteiger partial charge in [-0.25, -0.2) is 4.98 Å². The molecule has 1 amide bonds. The number of aryl methyl sites for hydroxylation is 1. The van der Waals surface area contributed by atoms with Crippen LogP contribution >= 0.6 is 0 Å². The van der Waals surface area contributed by atoms with Crippen molar-refractivity contribution in [3.05, 3.63) is 53.6 Å². The number of hydrogen-bond acceptors (Lipinski definition) is 2. The fourth-order valence-corrected chi connectivity index (χ4v) is 3.02. The molecule has 0 bridgehead atoms. The summed E-state index contributed by atoms with van der Waals surface area (Å²) < 4.78 is 0. The number of H-pyrrole nitrogens is 1. The lowest BCUT2D eigenvalue weighted by Crippen LogP contribution is -2.49. The summed E-state index contributed by atoms with van der Waals surface area (Å²) in [4.78, 5) is 19.9. The molecule has 0 unspecified atom stereocenters. The predicted molar refractivity (Wildman–Crippen MR) is 82.0 cm³/mol. The number of aromatic nitrogens is 2. The minimum absolute atomic E-state index is 0.158. The van der Waals surface area contributed by atoms with E-state index >= 15 is 0 Å². The smallest absolute Gasteiger partial charge is 0.230 e. The number of amides is 1. The molecule has 3 rings (SSSR count). The number of imidazole rings is 1. The molecule has 1 aromatic carbocycles. The van der Waals surface area contributed by atoms with Crippen LogP contribution in [0, 0.1) is 6.92 Å². The zero-order valence-electron chi connectivity index (χ0n) is 12.4. The lowest BCUT2D eigenvalue weighted by atomic mass is 9.63. The minimum Gasteiger partial charge on any atom is -0.355 e. The highest BCUT2D eigenvalue weighted by Crippen LogP contribution is 2.44. The SMILES string of the molecule is Cc1cccc(C2(C(=O)NCCc3ncc[nH]3)CCC2)c1. The second-order valence-electron chi connectivity index (χ2n) is 5.85. The van der Waals surface area contributed by atoms with Gasteiger partial charge in [0.15, 0.2) is 0 Å². The Morgan fingerprint density at radius 2 is 2.29 bits per heavy atom. The summed E-state index contributed by atoms with van der Waals surface area (Å²) in [6.07, 6.45) is 7.29. The number of nitrogens with zero attached hydrogens (tertiary/aromatic N) is 1. The van der Waals surface area contributed by atoms with Gasteiger partial charge in [0.1, 0.15) is 5.82 Å². The highest BCUT2D eigenvalue weighted by Gasteiger charge is 2.45. The minimum atomic E-state index is -0.310. The standard InChI is InChI=1S/C17H21N3O/c1-13-4-2-5-14(12-13)17(7-3-8-17)16(21)20-9-6-15-18-10-11-19-15/h2,4-5,10-12H,3,6-9H2,1H3,(H,18,19)(H,20,21). The van der Waals surface area contributed by atoms with Crippen molar-refractivity contribution in [3.63, 3.8) is 0 Å². The maximum atomic E-state index is 12.6. The number of carbonyl (C=O) groups is 1. The molecule has 0 spiro atoms. The highest BCUT2D eigenvalue weighted by molar-refractivity contribution is 5.89. The summed E-state index contributed by atoms with van der Waals surface area (Å²) in [6, 6.07) is 8.34. The Balaban J connectivity index is 1.66. The van der Waals surface area contributed by atoms with E-state index in [1.165, 1.54) is 5.56 Å². The molecular formula is C17H21N3O. The fraction of sp³-hybridized carbons (Fsp3) is 0.412. The van der Waals surface area contributed by atoms with Crippen LogP contribution in [-0.2, 0) is 16.6 Å². The number of nitrogens with one attached hydrogen (secondary N) is 2. The molecule has 0 radical (unpaired) electrons. The quantitative estimate of drug-likeness (QED) is 0.885. The average Bonchev–Trinajstić information content (AvgIpc) is 2.91. The Morgan fingerprint density at radius 1 is 1.43 bits per heavy atom. The van der Waals surface area contributed by atoms with Gasteiger partial charge in [-0.3, -0.25) is 4.79 Å². The normalized spacial score (nSPS) is 16.2. The second-order valence-corrected chi connectivity index (χ2v) is 5.85. The third-order valence-electron chi connectivity index (χ3n) is 4.41. The van der Waals surface area contributed by atoms with Gasteiger partial charge in [-0.15, -0.1) is 0 Å². The van der Waals surface area contributed by atoms with Crippen molar-refractivity contribution in [3.8, 4) is 0 Å². The molecule has 1 aliphatic carbocycles. The molecule has 21 heavy (non-hydrogen) atoms. The van der Waals surface area contributed by atoms with Crippen molar-refractivity contribution in [2.45, 2.75) is 38.0 Å². The Bertz CT molecular complexity index is 615. The van der Waals surface area contributed by atoms with Crippen LogP contribution in [0.2, 0.25) is 0 Å². The average molecular weight is 283 g/mol. The Kier molecular flexibility index (Phi) is 3.78. The summed E-state index contributed by atoms with van der Waals surface area (Å²) in [5.74, 6) is 1.07. The first-order valence-electron chi connectivity index (χ1n) is 7.54. The molecule has 2 aromatic rings. The molecule has 110 valence electrons. The molecule has 0 atom stereocenters. The van der Waals surface area contributed by atoms with Gasteiger partial charge in [-0.05, 0) is 25.3 Å². The molecular weight excluding hydrogens is 262 g/mol. The van der Waals surface area contributed by atoms with E-state index in [-0.39, 0.29) is 11.3 Å². The van der Waals surface area contributed by atoms with Crippen LogP contribution in [0.1, 0.15) is 36.2 Å². The molecule has 0 saturated heterocycles. The van der Waals surface area contributed by atoms with Crippen LogP contribution in [0.25, 0.3) is 0 Å². The maximum Gasteiger partial charge on any atom is 0.230 e. The van der Waals surface area contributed by atoms with Gasteiger partial charge in [0.05, 0.1) is 5.41 Å². The Labute approximate surface area is 125 Å². The largest absolute Gasteiger partial charge is 0.355 e. The van der Waals surface area contributed by atoms with Crippen molar-refractivity contribution in [1.29, 1.82) is 0 Å². The molecule has 0 aliphatic heterocycles. The first kappa shape index (κ1) is 13.9. The van der Waals surface area contributed by atoms with Crippen LogP contribution in [-0.4, -0.2) is 22.4 Å². The Hall–Kier alpha value is -2.10. The molecule has 1 aromatic heterocycles. The van der Waals surface area contributed by atoms with Gasteiger partial charge in [-0.2, -0.15) is 0 Å². The fourth-order valence-electron chi connectivity index (χ4n) is 3.02.